The zero-order valence-electron chi connectivity index (χ0n) is 12.2. The molecule has 2 rings (SSSR count). The van der Waals surface area contributed by atoms with E-state index >= 15 is 0 Å². The molecular weight excluding hydrogens is 292 g/mol. The minimum atomic E-state index is -2.98. The molecule has 1 fully saturated rings. The van der Waals surface area contributed by atoms with Gasteiger partial charge >= 0.3 is 0 Å². The van der Waals surface area contributed by atoms with Crippen molar-refractivity contribution in [2.75, 3.05) is 30.5 Å². The van der Waals surface area contributed by atoms with Gasteiger partial charge in [0.1, 0.15) is 5.75 Å². The number of hydrogen-bond acceptors (Lipinski definition) is 5. The van der Waals surface area contributed by atoms with Crippen molar-refractivity contribution in [1.29, 1.82) is 0 Å². The number of carbonyl (C=O) groups excluding carboxylic acids is 1. The van der Waals surface area contributed by atoms with Crippen LogP contribution < -0.4 is 15.4 Å². The van der Waals surface area contributed by atoms with Crippen LogP contribution in [0.25, 0.3) is 0 Å². The lowest BCUT2D eigenvalue weighted by Gasteiger charge is -2.14. The van der Waals surface area contributed by atoms with E-state index in [4.69, 9.17) is 4.74 Å². The first-order chi connectivity index (χ1) is 9.89. The van der Waals surface area contributed by atoms with Gasteiger partial charge in [-0.3, -0.25) is 4.79 Å². The van der Waals surface area contributed by atoms with Crippen LogP contribution in [0, 0.1) is 6.92 Å². The van der Waals surface area contributed by atoms with E-state index in [1.165, 1.54) is 0 Å². The van der Waals surface area contributed by atoms with Gasteiger partial charge in [-0.2, -0.15) is 0 Å². The Balaban J connectivity index is 1.88. The fourth-order valence-electron chi connectivity index (χ4n) is 2.32. The molecule has 7 heteroatoms. The molecule has 0 radical (unpaired) electrons. The van der Waals surface area contributed by atoms with Gasteiger partial charge in [-0.05, 0) is 31.0 Å². The summed E-state index contributed by atoms with van der Waals surface area (Å²) >= 11 is 0. The van der Waals surface area contributed by atoms with Gasteiger partial charge < -0.3 is 15.4 Å². The van der Waals surface area contributed by atoms with E-state index < -0.39 is 9.84 Å². The molecule has 1 atom stereocenters. The van der Waals surface area contributed by atoms with Gasteiger partial charge in [0, 0.05) is 6.04 Å². The summed E-state index contributed by atoms with van der Waals surface area (Å²) in [4.78, 5) is 11.9. The third kappa shape index (κ3) is 4.35. The number of carbonyl (C=O) groups is 1. The average molecular weight is 312 g/mol. The SMILES string of the molecule is COc1ccc(C)cc1NCC(=O)N[C@@H]1CCS(=O)(=O)C1. The Morgan fingerprint density at radius 3 is 2.81 bits per heavy atom. The first-order valence-corrected chi connectivity index (χ1v) is 8.60. The molecule has 1 aliphatic heterocycles. The minimum absolute atomic E-state index is 0.0342. The lowest BCUT2D eigenvalue weighted by Crippen LogP contribution is -2.39. The Labute approximate surface area is 124 Å². The quantitative estimate of drug-likeness (QED) is 0.837. The molecule has 1 saturated heterocycles. The molecule has 2 N–H and O–H groups in total. The number of amides is 1. The number of methoxy groups -OCH3 is 1. The highest BCUT2D eigenvalue weighted by Gasteiger charge is 2.28. The molecule has 0 aliphatic carbocycles. The second-order valence-electron chi connectivity index (χ2n) is 5.22. The molecule has 0 unspecified atom stereocenters. The van der Waals surface area contributed by atoms with Crippen molar-refractivity contribution < 1.29 is 17.9 Å². The summed E-state index contributed by atoms with van der Waals surface area (Å²) in [6.07, 6.45) is 0.488. The Hall–Kier alpha value is -1.76. The highest BCUT2D eigenvalue weighted by atomic mass is 32.2. The monoisotopic (exact) mass is 312 g/mol. The summed E-state index contributed by atoms with van der Waals surface area (Å²) in [6, 6.07) is 5.38. The van der Waals surface area contributed by atoms with E-state index in [9.17, 15) is 13.2 Å². The Bertz CT molecular complexity index is 628. The Morgan fingerprint density at radius 2 is 2.19 bits per heavy atom. The lowest BCUT2D eigenvalue weighted by molar-refractivity contribution is -0.119. The maximum absolute atomic E-state index is 11.9. The predicted molar refractivity (Wildman–Crippen MR) is 81.4 cm³/mol. The van der Waals surface area contributed by atoms with Crippen LogP contribution >= 0.6 is 0 Å². The Kier molecular flexibility index (Phi) is 4.72. The fraction of sp³-hybridized carbons (Fsp3) is 0.500. The van der Waals surface area contributed by atoms with Gasteiger partial charge in [0.05, 0.1) is 30.8 Å². The van der Waals surface area contributed by atoms with E-state index in [2.05, 4.69) is 10.6 Å². The van der Waals surface area contributed by atoms with Crippen LogP contribution in [0.1, 0.15) is 12.0 Å². The smallest absolute Gasteiger partial charge is 0.239 e. The zero-order valence-corrected chi connectivity index (χ0v) is 13.0. The zero-order chi connectivity index (χ0) is 15.5. The molecular formula is C14H20N2O4S. The molecule has 1 aliphatic rings. The summed E-state index contributed by atoms with van der Waals surface area (Å²) in [5.41, 5.74) is 1.80. The summed E-state index contributed by atoms with van der Waals surface area (Å²) in [5.74, 6) is 0.626. The number of aryl methyl sites for hydroxylation is 1. The van der Waals surface area contributed by atoms with Crippen LogP contribution in [0.2, 0.25) is 0 Å². The normalized spacial score (nSPS) is 20.0. The number of nitrogens with one attached hydrogen (secondary N) is 2. The first kappa shape index (κ1) is 15.6. The molecule has 0 saturated carbocycles. The first-order valence-electron chi connectivity index (χ1n) is 6.78. The summed E-state index contributed by atoms with van der Waals surface area (Å²) < 4.78 is 27.9. The second kappa shape index (κ2) is 6.34. The molecule has 1 amide bonds. The molecule has 1 aromatic rings. The molecule has 1 aromatic carbocycles. The van der Waals surface area contributed by atoms with E-state index in [-0.39, 0.29) is 30.0 Å². The summed E-state index contributed by atoms with van der Waals surface area (Å²) in [5, 5.41) is 5.75. The van der Waals surface area contributed by atoms with E-state index in [1.54, 1.807) is 7.11 Å². The van der Waals surface area contributed by atoms with Gasteiger partial charge in [-0.15, -0.1) is 0 Å². The van der Waals surface area contributed by atoms with Crippen LogP contribution in [-0.4, -0.2) is 45.5 Å². The van der Waals surface area contributed by atoms with Crippen LogP contribution in [0.3, 0.4) is 0 Å². The van der Waals surface area contributed by atoms with Crippen molar-refractivity contribution in [3.05, 3.63) is 23.8 Å². The fourth-order valence-corrected chi connectivity index (χ4v) is 4.00. The number of ether oxygens (including phenoxy) is 1. The number of rotatable bonds is 5. The van der Waals surface area contributed by atoms with Crippen molar-refractivity contribution >= 4 is 21.4 Å². The number of benzene rings is 1. The third-order valence-electron chi connectivity index (χ3n) is 3.39. The van der Waals surface area contributed by atoms with Gasteiger partial charge in [-0.1, -0.05) is 6.07 Å². The molecule has 6 nitrogen and oxygen atoms in total. The van der Waals surface area contributed by atoms with Gasteiger partial charge in [0.2, 0.25) is 5.91 Å². The van der Waals surface area contributed by atoms with E-state index in [0.29, 0.717) is 12.2 Å². The van der Waals surface area contributed by atoms with Crippen molar-refractivity contribution in [3.8, 4) is 5.75 Å². The number of hydrogen-bond donors (Lipinski definition) is 2. The maximum Gasteiger partial charge on any atom is 0.239 e. The Morgan fingerprint density at radius 1 is 1.43 bits per heavy atom. The van der Waals surface area contributed by atoms with Gasteiger partial charge in [-0.25, -0.2) is 8.42 Å². The predicted octanol–water partition coefficient (Wildman–Crippen LogP) is 0.719. The molecule has 0 aromatic heterocycles. The van der Waals surface area contributed by atoms with Crippen molar-refractivity contribution in [2.24, 2.45) is 0 Å². The topological polar surface area (TPSA) is 84.5 Å². The molecule has 1 heterocycles. The van der Waals surface area contributed by atoms with E-state index in [0.717, 1.165) is 11.3 Å². The summed E-state index contributed by atoms with van der Waals surface area (Å²) in [6.45, 7) is 2.03. The number of anilines is 1. The number of sulfone groups is 1. The maximum atomic E-state index is 11.9. The van der Waals surface area contributed by atoms with Crippen LogP contribution in [0.5, 0.6) is 5.75 Å². The van der Waals surface area contributed by atoms with Crippen molar-refractivity contribution in [1.82, 2.24) is 5.32 Å². The highest BCUT2D eigenvalue weighted by Crippen LogP contribution is 2.24. The lowest BCUT2D eigenvalue weighted by atomic mass is 10.2. The standard InChI is InChI=1S/C14H20N2O4S/c1-10-3-4-13(20-2)12(7-10)15-8-14(17)16-11-5-6-21(18,19)9-11/h3-4,7,11,15H,5-6,8-9H2,1-2H3,(H,16,17)/t11-/m1/s1. The van der Waals surface area contributed by atoms with Crippen LogP contribution in [0.15, 0.2) is 18.2 Å². The highest BCUT2D eigenvalue weighted by molar-refractivity contribution is 7.91. The minimum Gasteiger partial charge on any atom is -0.495 e. The van der Waals surface area contributed by atoms with Gasteiger partial charge in [0.25, 0.3) is 0 Å². The molecule has 0 spiro atoms. The van der Waals surface area contributed by atoms with Crippen LogP contribution in [-0.2, 0) is 14.6 Å². The van der Waals surface area contributed by atoms with Crippen molar-refractivity contribution in [2.45, 2.75) is 19.4 Å². The van der Waals surface area contributed by atoms with Crippen molar-refractivity contribution in [3.63, 3.8) is 0 Å². The third-order valence-corrected chi connectivity index (χ3v) is 5.16. The average Bonchev–Trinajstić information content (AvgIpc) is 2.75. The molecule has 21 heavy (non-hydrogen) atoms. The van der Waals surface area contributed by atoms with Gasteiger partial charge in [0.15, 0.2) is 9.84 Å². The summed E-state index contributed by atoms with van der Waals surface area (Å²) in [7, 11) is -1.41. The molecule has 116 valence electrons. The second-order valence-corrected chi connectivity index (χ2v) is 7.45. The van der Waals surface area contributed by atoms with E-state index in [1.807, 2.05) is 25.1 Å². The molecule has 0 bridgehead atoms. The van der Waals surface area contributed by atoms with Crippen LogP contribution in [0.4, 0.5) is 5.69 Å². The largest absolute Gasteiger partial charge is 0.495 e.